The van der Waals surface area contributed by atoms with Crippen LogP contribution in [-0.2, 0) is 19.0 Å². The molecule has 0 aromatic carbocycles. The molecular weight excluding hydrogens is 414 g/mol. The van der Waals surface area contributed by atoms with Crippen LogP contribution in [0.1, 0.15) is 123 Å². The Balaban J connectivity index is 3.46. The summed E-state index contributed by atoms with van der Waals surface area (Å²) in [5, 5.41) is 0. The summed E-state index contributed by atoms with van der Waals surface area (Å²) >= 11 is 0. The van der Waals surface area contributed by atoms with Gasteiger partial charge >= 0.3 is 5.97 Å². The standard InChI is InChI=1S/C28H55NO4/c1-6-8-9-14-18-22-28(30)32-24-19-16-13-11-10-12-15-17-21-27(7-2)33-26(3)31-25-20-23-29(4)5/h27H,3,6-25H2,1-2,4-5H3. The number of carbonyl (C=O) groups excluding carboxylic acids is 1. The Hall–Kier alpha value is -1.23. The fourth-order valence-electron chi connectivity index (χ4n) is 3.80. The van der Waals surface area contributed by atoms with Crippen molar-refractivity contribution in [2.24, 2.45) is 0 Å². The van der Waals surface area contributed by atoms with Gasteiger partial charge in [0.1, 0.15) is 6.10 Å². The van der Waals surface area contributed by atoms with E-state index in [2.05, 4.69) is 39.4 Å². The zero-order valence-electron chi connectivity index (χ0n) is 22.5. The lowest BCUT2D eigenvalue weighted by Gasteiger charge is -2.19. The van der Waals surface area contributed by atoms with Crippen LogP contribution >= 0.6 is 0 Å². The van der Waals surface area contributed by atoms with Crippen LogP contribution in [0.25, 0.3) is 0 Å². The molecule has 0 spiro atoms. The van der Waals surface area contributed by atoms with Gasteiger partial charge < -0.3 is 19.1 Å². The van der Waals surface area contributed by atoms with E-state index in [-0.39, 0.29) is 12.1 Å². The molecule has 33 heavy (non-hydrogen) atoms. The quantitative estimate of drug-likeness (QED) is 0.0781. The topological polar surface area (TPSA) is 48.0 Å². The summed E-state index contributed by atoms with van der Waals surface area (Å²) in [6, 6.07) is 0. The lowest BCUT2D eigenvalue weighted by Crippen LogP contribution is -2.16. The van der Waals surface area contributed by atoms with Gasteiger partial charge in [0.15, 0.2) is 0 Å². The van der Waals surface area contributed by atoms with Crippen LogP contribution in [0, 0.1) is 0 Å². The number of nitrogens with zero attached hydrogens (tertiary/aromatic N) is 1. The second-order valence-electron chi connectivity index (χ2n) is 9.53. The molecule has 0 aromatic heterocycles. The number of esters is 1. The van der Waals surface area contributed by atoms with Crippen molar-refractivity contribution >= 4 is 5.97 Å². The molecule has 0 radical (unpaired) electrons. The minimum Gasteiger partial charge on any atom is -0.466 e. The van der Waals surface area contributed by atoms with Gasteiger partial charge in [-0.2, -0.15) is 0 Å². The number of ether oxygens (including phenoxy) is 3. The molecule has 5 heteroatoms. The van der Waals surface area contributed by atoms with Gasteiger partial charge in [0.2, 0.25) is 0 Å². The highest BCUT2D eigenvalue weighted by Gasteiger charge is 2.09. The summed E-state index contributed by atoms with van der Waals surface area (Å²) in [6.45, 7) is 10.5. The van der Waals surface area contributed by atoms with E-state index in [4.69, 9.17) is 14.2 Å². The Morgan fingerprint density at radius 3 is 1.97 bits per heavy atom. The molecule has 0 amide bonds. The Labute approximate surface area is 205 Å². The van der Waals surface area contributed by atoms with Crippen molar-refractivity contribution in [3.8, 4) is 0 Å². The Bertz CT molecular complexity index is 453. The van der Waals surface area contributed by atoms with Gasteiger partial charge in [-0.1, -0.05) is 78.1 Å². The van der Waals surface area contributed by atoms with Gasteiger partial charge in [-0.05, 0) is 59.2 Å². The molecule has 1 atom stereocenters. The van der Waals surface area contributed by atoms with Crippen molar-refractivity contribution in [3.05, 3.63) is 12.5 Å². The van der Waals surface area contributed by atoms with E-state index in [1.165, 1.54) is 57.8 Å². The Morgan fingerprint density at radius 2 is 1.33 bits per heavy atom. The first-order chi connectivity index (χ1) is 16.0. The van der Waals surface area contributed by atoms with Crippen LogP contribution in [0.2, 0.25) is 0 Å². The zero-order valence-corrected chi connectivity index (χ0v) is 22.5. The molecule has 0 aliphatic heterocycles. The second kappa shape index (κ2) is 23.9. The third kappa shape index (κ3) is 23.7. The maximum Gasteiger partial charge on any atom is 0.305 e. The van der Waals surface area contributed by atoms with Crippen molar-refractivity contribution in [2.75, 3.05) is 33.9 Å². The number of carbonyl (C=O) groups is 1. The van der Waals surface area contributed by atoms with Crippen molar-refractivity contribution in [1.82, 2.24) is 4.90 Å². The number of hydrogen-bond donors (Lipinski definition) is 0. The highest BCUT2D eigenvalue weighted by Crippen LogP contribution is 2.16. The van der Waals surface area contributed by atoms with Crippen LogP contribution in [0.15, 0.2) is 12.5 Å². The summed E-state index contributed by atoms with van der Waals surface area (Å²) in [4.78, 5) is 13.8. The van der Waals surface area contributed by atoms with Crippen molar-refractivity contribution in [1.29, 1.82) is 0 Å². The molecule has 0 aliphatic carbocycles. The number of rotatable bonds is 25. The summed E-state index contributed by atoms with van der Waals surface area (Å²) in [7, 11) is 4.13. The van der Waals surface area contributed by atoms with Gasteiger partial charge in [-0.25, -0.2) is 0 Å². The van der Waals surface area contributed by atoms with E-state index < -0.39 is 0 Å². The first kappa shape index (κ1) is 31.8. The van der Waals surface area contributed by atoms with Crippen LogP contribution in [0.3, 0.4) is 0 Å². The minimum atomic E-state index is -0.0136. The van der Waals surface area contributed by atoms with Crippen molar-refractivity contribution in [3.63, 3.8) is 0 Å². The van der Waals surface area contributed by atoms with Crippen LogP contribution in [-0.4, -0.2) is 50.8 Å². The van der Waals surface area contributed by atoms with Crippen molar-refractivity contribution in [2.45, 2.75) is 129 Å². The van der Waals surface area contributed by atoms with E-state index >= 15 is 0 Å². The van der Waals surface area contributed by atoms with E-state index in [1.807, 2.05) is 0 Å². The SMILES string of the molecule is C=C(OCCCN(C)C)OC(CC)CCCCCCCCCCOC(=O)CCCCCCC. The molecule has 5 nitrogen and oxygen atoms in total. The van der Waals surface area contributed by atoms with Crippen LogP contribution < -0.4 is 0 Å². The van der Waals surface area contributed by atoms with Crippen molar-refractivity contribution < 1.29 is 19.0 Å². The monoisotopic (exact) mass is 469 g/mol. The maximum atomic E-state index is 11.7. The molecule has 0 N–H and O–H groups in total. The normalized spacial score (nSPS) is 12.0. The van der Waals surface area contributed by atoms with Gasteiger partial charge in [-0.15, -0.1) is 0 Å². The van der Waals surface area contributed by atoms with Gasteiger partial charge in [0, 0.05) is 13.0 Å². The zero-order chi connectivity index (χ0) is 24.6. The number of hydrogen-bond acceptors (Lipinski definition) is 5. The summed E-state index contributed by atoms with van der Waals surface area (Å²) in [5.41, 5.74) is 0. The predicted molar refractivity (Wildman–Crippen MR) is 139 cm³/mol. The fraction of sp³-hybridized carbons (Fsp3) is 0.893. The Kier molecular flexibility index (Phi) is 23.0. The predicted octanol–water partition coefficient (Wildman–Crippen LogP) is 7.64. The lowest BCUT2D eigenvalue weighted by atomic mass is 10.0. The third-order valence-corrected chi connectivity index (χ3v) is 5.93. The summed E-state index contributed by atoms with van der Waals surface area (Å²) < 4.78 is 16.8. The Morgan fingerprint density at radius 1 is 0.758 bits per heavy atom. The molecule has 0 heterocycles. The van der Waals surface area contributed by atoms with E-state index in [0.29, 0.717) is 25.6 Å². The first-order valence-electron chi connectivity index (χ1n) is 13.8. The molecule has 0 saturated heterocycles. The highest BCUT2D eigenvalue weighted by molar-refractivity contribution is 5.69. The molecule has 0 bridgehead atoms. The van der Waals surface area contributed by atoms with E-state index in [1.54, 1.807) is 0 Å². The third-order valence-electron chi connectivity index (χ3n) is 5.93. The molecule has 196 valence electrons. The largest absolute Gasteiger partial charge is 0.466 e. The summed E-state index contributed by atoms with van der Waals surface area (Å²) in [5.74, 6) is 0.457. The van der Waals surface area contributed by atoms with E-state index in [0.717, 1.165) is 51.5 Å². The molecule has 0 aromatic rings. The van der Waals surface area contributed by atoms with Crippen LogP contribution in [0.5, 0.6) is 0 Å². The molecular formula is C28H55NO4. The van der Waals surface area contributed by atoms with Crippen LogP contribution in [0.4, 0.5) is 0 Å². The molecule has 0 aliphatic rings. The molecule has 1 unspecified atom stereocenters. The average molecular weight is 470 g/mol. The fourth-order valence-corrected chi connectivity index (χ4v) is 3.80. The second-order valence-corrected chi connectivity index (χ2v) is 9.53. The number of unbranched alkanes of at least 4 members (excludes halogenated alkanes) is 11. The maximum absolute atomic E-state index is 11.7. The van der Waals surface area contributed by atoms with Gasteiger partial charge in [0.05, 0.1) is 13.2 Å². The molecule has 0 saturated carbocycles. The smallest absolute Gasteiger partial charge is 0.305 e. The first-order valence-corrected chi connectivity index (χ1v) is 13.8. The lowest BCUT2D eigenvalue weighted by molar-refractivity contribution is -0.143. The molecule has 0 fully saturated rings. The summed E-state index contributed by atoms with van der Waals surface area (Å²) in [6.07, 6.45) is 19.4. The van der Waals surface area contributed by atoms with Gasteiger partial charge in [-0.3, -0.25) is 4.79 Å². The average Bonchev–Trinajstić information content (AvgIpc) is 2.79. The van der Waals surface area contributed by atoms with E-state index in [9.17, 15) is 4.79 Å². The molecule has 0 rings (SSSR count). The minimum absolute atomic E-state index is 0.0136. The van der Waals surface area contributed by atoms with Gasteiger partial charge in [0.25, 0.3) is 5.95 Å². The highest BCUT2D eigenvalue weighted by atomic mass is 16.7.